The third-order valence-electron chi connectivity index (χ3n) is 1.73. The molecule has 1 aromatic heterocycles. The summed E-state index contributed by atoms with van der Waals surface area (Å²) < 4.78 is 3.61. The topological polar surface area (TPSA) is 80.9 Å². The third-order valence-corrected chi connectivity index (χ3v) is 2.39. The Kier molecular flexibility index (Phi) is 2.59. The number of carbonyl (C=O) groups excluding carboxylic acids is 1. The van der Waals surface area contributed by atoms with E-state index in [0.717, 1.165) is 11.5 Å². The van der Waals surface area contributed by atoms with Gasteiger partial charge in [0.1, 0.15) is 4.88 Å². The molecule has 0 radical (unpaired) electrons. The van der Waals surface area contributed by atoms with Crippen LogP contribution in [0.15, 0.2) is 30.5 Å². The van der Waals surface area contributed by atoms with Crippen LogP contribution in [0.5, 0.6) is 0 Å². The van der Waals surface area contributed by atoms with E-state index in [1.807, 2.05) is 0 Å². The van der Waals surface area contributed by atoms with Gasteiger partial charge in [0.15, 0.2) is 0 Å². The molecule has 0 atom stereocenters. The predicted molar refractivity (Wildman–Crippen MR) is 58.7 cm³/mol. The van der Waals surface area contributed by atoms with E-state index in [2.05, 4.69) is 14.9 Å². The van der Waals surface area contributed by atoms with Crippen molar-refractivity contribution >= 4 is 28.8 Å². The zero-order chi connectivity index (χ0) is 10.7. The molecule has 0 aliphatic rings. The molecule has 6 heteroatoms. The van der Waals surface area contributed by atoms with Gasteiger partial charge in [-0.2, -0.15) is 0 Å². The Balaban J connectivity index is 2.13. The number of nitrogens with two attached hydrogens (primary N) is 1. The molecule has 0 spiro atoms. The standard InChI is InChI=1S/C9H8N4OS/c10-6-2-1-3-7(4-6)12-9(14)8-5-11-13-15-8/h1-5H,10H2,(H,12,14). The van der Waals surface area contributed by atoms with E-state index in [4.69, 9.17) is 5.73 Å². The van der Waals surface area contributed by atoms with Gasteiger partial charge in [0.2, 0.25) is 0 Å². The van der Waals surface area contributed by atoms with Crippen LogP contribution in [0.3, 0.4) is 0 Å². The van der Waals surface area contributed by atoms with Crippen molar-refractivity contribution in [3.8, 4) is 0 Å². The molecule has 1 aromatic carbocycles. The lowest BCUT2D eigenvalue weighted by atomic mass is 10.3. The van der Waals surface area contributed by atoms with E-state index in [1.54, 1.807) is 24.3 Å². The summed E-state index contributed by atoms with van der Waals surface area (Å²) in [6.45, 7) is 0. The number of hydrogen-bond donors (Lipinski definition) is 2. The molecule has 3 N–H and O–H groups in total. The summed E-state index contributed by atoms with van der Waals surface area (Å²) in [7, 11) is 0. The number of carbonyl (C=O) groups is 1. The molecule has 0 aliphatic carbocycles. The zero-order valence-corrected chi connectivity index (χ0v) is 8.49. The van der Waals surface area contributed by atoms with Crippen LogP contribution in [-0.2, 0) is 0 Å². The second kappa shape index (κ2) is 4.05. The van der Waals surface area contributed by atoms with Gasteiger partial charge in [-0.3, -0.25) is 4.79 Å². The van der Waals surface area contributed by atoms with Crippen LogP contribution in [-0.4, -0.2) is 15.5 Å². The van der Waals surface area contributed by atoms with E-state index in [0.29, 0.717) is 16.3 Å². The number of aromatic nitrogens is 2. The Labute approximate surface area is 90.1 Å². The molecule has 2 rings (SSSR count). The van der Waals surface area contributed by atoms with E-state index < -0.39 is 0 Å². The van der Waals surface area contributed by atoms with Gasteiger partial charge in [0.05, 0.1) is 6.20 Å². The maximum absolute atomic E-state index is 11.6. The second-order valence-corrected chi connectivity index (χ2v) is 3.65. The molecule has 0 saturated heterocycles. The van der Waals surface area contributed by atoms with Crippen molar-refractivity contribution in [1.82, 2.24) is 9.59 Å². The summed E-state index contributed by atoms with van der Waals surface area (Å²) in [6, 6.07) is 6.98. The monoisotopic (exact) mass is 220 g/mol. The molecule has 2 aromatic rings. The van der Waals surface area contributed by atoms with Crippen molar-refractivity contribution in [3.63, 3.8) is 0 Å². The molecule has 0 saturated carbocycles. The Hall–Kier alpha value is -1.95. The van der Waals surface area contributed by atoms with Gasteiger partial charge in [-0.25, -0.2) is 0 Å². The summed E-state index contributed by atoms with van der Waals surface area (Å²) >= 11 is 1.05. The van der Waals surface area contributed by atoms with Crippen LogP contribution in [0.25, 0.3) is 0 Å². The number of benzene rings is 1. The molecule has 0 bridgehead atoms. The normalized spacial score (nSPS) is 9.87. The molecular weight excluding hydrogens is 212 g/mol. The average Bonchev–Trinajstić information content (AvgIpc) is 2.70. The summed E-state index contributed by atoms with van der Waals surface area (Å²) in [5.41, 5.74) is 6.85. The highest BCUT2D eigenvalue weighted by molar-refractivity contribution is 7.07. The molecule has 0 aliphatic heterocycles. The van der Waals surface area contributed by atoms with Crippen molar-refractivity contribution in [1.29, 1.82) is 0 Å². The minimum atomic E-state index is -0.226. The fourth-order valence-electron chi connectivity index (χ4n) is 1.08. The first-order chi connectivity index (χ1) is 7.25. The smallest absolute Gasteiger partial charge is 0.269 e. The molecule has 0 fully saturated rings. The van der Waals surface area contributed by atoms with Crippen LogP contribution in [0.4, 0.5) is 11.4 Å². The molecule has 15 heavy (non-hydrogen) atoms. The summed E-state index contributed by atoms with van der Waals surface area (Å²) in [4.78, 5) is 12.0. The van der Waals surface area contributed by atoms with Crippen molar-refractivity contribution in [3.05, 3.63) is 35.3 Å². The highest BCUT2D eigenvalue weighted by atomic mass is 32.1. The van der Waals surface area contributed by atoms with Gasteiger partial charge >= 0.3 is 0 Å². The molecule has 5 nitrogen and oxygen atoms in total. The van der Waals surface area contributed by atoms with Gasteiger partial charge in [0, 0.05) is 11.4 Å². The summed E-state index contributed by atoms with van der Waals surface area (Å²) in [5, 5.41) is 6.28. The number of nitrogen functional groups attached to an aromatic ring is 1. The Bertz CT molecular complexity index is 469. The number of rotatable bonds is 2. The van der Waals surface area contributed by atoms with Gasteiger partial charge in [-0.05, 0) is 29.7 Å². The Morgan fingerprint density at radius 1 is 1.47 bits per heavy atom. The van der Waals surface area contributed by atoms with E-state index >= 15 is 0 Å². The molecule has 76 valence electrons. The van der Waals surface area contributed by atoms with Crippen LogP contribution in [0.2, 0.25) is 0 Å². The second-order valence-electron chi connectivity index (χ2n) is 2.86. The van der Waals surface area contributed by atoms with Crippen LogP contribution < -0.4 is 11.1 Å². The Morgan fingerprint density at radius 3 is 3.00 bits per heavy atom. The molecule has 1 heterocycles. The molecular formula is C9H8N4OS. The predicted octanol–water partition coefficient (Wildman–Crippen LogP) is 1.37. The van der Waals surface area contributed by atoms with Gasteiger partial charge in [-0.15, -0.1) is 5.10 Å². The Morgan fingerprint density at radius 2 is 2.33 bits per heavy atom. The SMILES string of the molecule is Nc1cccc(NC(=O)c2cnns2)c1. The van der Waals surface area contributed by atoms with Crippen molar-refractivity contribution in [2.45, 2.75) is 0 Å². The minimum absolute atomic E-state index is 0.226. The molecule has 0 unspecified atom stereocenters. The van der Waals surface area contributed by atoms with Crippen molar-refractivity contribution in [2.24, 2.45) is 0 Å². The van der Waals surface area contributed by atoms with Crippen LogP contribution in [0.1, 0.15) is 9.67 Å². The zero-order valence-electron chi connectivity index (χ0n) is 7.68. The number of nitrogens with zero attached hydrogens (tertiary/aromatic N) is 2. The molecule has 1 amide bonds. The van der Waals surface area contributed by atoms with Crippen molar-refractivity contribution in [2.75, 3.05) is 11.1 Å². The van der Waals surface area contributed by atoms with Gasteiger partial charge in [-0.1, -0.05) is 10.6 Å². The van der Waals surface area contributed by atoms with Gasteiger partial charge in [0.25, 0.3) is 5.91 Å². The van der Waals surface area contributed by atoms with Gasteiger partial charge < -0.3 is 11.1 Å². The number of nitrogens with one attached hydrogen (secondary N) is 1. The first kappa shape index (κ1) is 9.60. The lowest BCUT2D eigenvalue weighted by molar-refractivity contribution is 0.103. The summed E-state index contributed by atoms with van der Waals surface area (Å²) in [5.74, 6) is -0.226. The minimum Gasteiger partial charge on any atom is -0.399 e. The van der Waals surface area contributed by atoms with Crippen molar-refractivity contribution < 1.29 is 4.79 Å². The van der Waals surface area contributed by atoms with Crippen LogP contribution >= 0.6 is 11.5 Å². The van der Waals surface area contributed by atoms with Crippen LogP contribution in [0, 0.1) is 0 Å². The van der Waals surface area contributed by atoms with E-state index in [9.17, 15) is 4.79 Å². The number of anilines is 2. The first-order valence-corrected chi connectivity index (χ1v) is 4.97. The largest absolute Gasteiger partial charge is 0.399 e. The lowest BCUT2D eigenvalue weighted by Gasteiger charge is -2.02. The number of amides is 1. The maximum atomic E-state index is 11.6. The third kappa shape index (κ3) is 2.29. The highest BCUT2D eigenvalue weighted by Crippen LogP contribution is 2.13. The average molecular weight is 220 g/mol. The first-order valence-electron chi connectivity index (χ1n) is 4.20. The fraction of sp³-hybridized carbons (Fsp3) is 0. The van der Waals surface area contributed by atoms with E-state index in [-0.39, 0.29) is 5.91 Å². The maximum Gasteiger partial charge on any atom is 0.269 e. The quantitative estimate of drug-likeness (QED) is 0.749. The fourth-order valence-corrected chi connectivity index (χ4v) is 1.49. The summed E-state index contributed by atoms with van der Waals surface area (Å²) in [6.07, 6.45) is 1.42. The van der Waals surface area contributed by atoms with E-state index in [1.165, 1.54) is 6.20 Å². The highest BCUT2D eigenvalue weighted by Gasteiger charge is 2.08. The number of hydrogen-bond acceptors (Lipinski definition) is 5. The lowest BCUT2D eigenvalue weighted by Crippen LogP contribution is -2.10.